The number of thiazole rings is 1. The van der Waals surface area contributed by atoms with Crippen molar-refractivity contribution in [2.75, 3.05) is 13.2 Å². The maximum absolute atomic E-state index is 12.5. The molecule has 0 bridgehead atoms. The van der Waals surface area contributed by atoms with E-state index in [4.69, 9.17) is 9.47 Å². The van der Waals surface area contributed by atoms with E-state index in [1.165, 1.54) is 11.3 Å². The summed E-state index contributed by atoms with van der Waals surface area (Å²) in [6.45, 7) is 14.5. The number of nitrogens with zero attached hydrogens (tertiary/aromatic N) is 2. The fraction of sp³-hybridized carbons (Fsp3) is 0.737. The summed E-state index contributed by atoms with van der Waals surface area (Å²) in [7, 11) is 0. The van der Waals surface area contributed by atoms with Crippen molar-refractivity contribution in [1.82, 2.24) is 9.88 Å². The van der Waals surface area contributed by atoms with Gasteiger partial charge in [0, 0.05) is 23.9 Å². The molecule has 1 aromatic heterocycles. The third-order valence-electron chi connectivity index (χ3n) is 3.75. The van der Waals surface area contributed by atoms with Crippen molar-refractivity contribution < 1.29 is 19.1 Å². The van der Waals surface area contributed by atoms with Crippen LogP contribution in [0.25, 0.3) is 0 Å². The number of ether oxygens (including phenoxy) is 2. The minimum absolute atomic E-state index is 0.00902. The van der Waals surface area contributed by atoms with Crippen LogP contribution in [-0.2, 0) is 9.47 Å². The van der Waals surface area contributed by atoms with Gasteiger partial charge in [-0.05, 0) is 47.5 Å². The van der Waals surface area contributed by atoms with E-state index in [0.717, 1.165) is 17.8 Å². The Morgan fingerprint density at radius 1 is 1.27 bits per heavy atom. The zero-order chi connectivity index (χ0) is 19.9. The Kier molecular flexibility index (Phi) is 8.53. The molecule has 26 heavy (non-hydrogen) atoms. The van der Waals surface area contributed by atoms with Gasteiger partial charge in [-0.15, -0.1) is 11.3 Å². The van der Waals surface area contributed by atoms with Gasteiger partial charge in [-0.3, -0.25) is 0 Å². The highest BCUT2D eigenvalue weighted by Crippen LogP contribution is 2.27. The second-order valence-electron chi connectivity index (χ2n) is 7.45. The van der Waals surface area contributed by atoms with Crippen LogP contribution in [-0.4, -0.2) is 46.7 Å². The van der Waals surface area contributed by atoms with Gasteiger partial charge in [-0.1, -0.05) is 13.8 Å². The summed E-state index contributed by atoms with van der Waals surface area (Å²) in [5, 5.41) is 2.60. The molecule has 0 saturated heterocycles. The quantitative estimate of drug-likeness (QED) is 0.599. The minimum atomic E-state index is -0.516. The van der Waals surface area contributed by atoms with Crippen LogP contribution in [0.1, 0.15) is 82.7 Å². The smallest absolute Gasteiger partial charge is 0.410 e. The van der Waals surface area contributed by atoms with Crippen LogP contribution >= 0.6 is 11.3 Å². The lowest BCUT2D eigenvalue weighted by Crippen LogP contribution is -2.43. The van der Waals surface area contributed by atoms with Crippen molar-refractivity contribution in [3.8, 4) is 0 Å². The maximum Gasteiger partial charge on any atom is 0.410 e. The predicted octanol–water partition coefficient (Wildman–Crippen LogP) is 4.85. The van der Waals surface area contributed by atoms with Gasteiger partial charge < -0.3 is 14.4 Å². The SMILES string of the molecule is CCCN(C(=O)OC(C)(C)C)[C@H](C)C[C@H](C)c1nc(C(=O)OCC)cs1. The first-order valence-electron chi connectivity index (χ1n) is 9.21. The summed E-state index contributed by atoms with van der Waals surface area (Å²) in [6.07, 6.45) is 1.32. The van der Waals surface area contributed by atoms with Crippen molar-refractivity contribution in [3.05, 3.63) is 16.1 Å². The first-order valence-corrected chi connectivity index (χ1v) is 10.1. The summed E-state index contributed by atoms with van der Waals surface area (Å²) in [5.74, 6) is -0.267. The lowest BCUT2D eigenvalue weighted by molar-refractivity contribution is 0.0164. The molecule has 0 spiro atoms. The van der Waals surface area contributed by atoms with Gasteiger partial charge in [0.15, 0.2) is 5.69 Å². The monoisotopic (exact) mass is 384 g/mol. The standard InChI is InChI=1S/C19H32N2O4S/c1-8-10-21(18(23)25-19(5,6)7)14(4)11-13(3)16-20-15(12-26-16)17(22)24-9-2/h12-14H,8-11H2,1-7H3/t13-,14+/m0/s1. The number of aromatic nitrogens is 1. The highest BCUT2D eigenvalue weighted by molar-refractivity contribution is 7.09. The average molecular weight is 385 g/mol. The number of rotatable bonds is 8. The highest BCUT2D eigenvalue weighted by atomic mass is 32.1. The van der Waals surface area contributed by atoms with Gasteiger partial charge >= 0.3 is 12.1 Å². The molecule has 0 saturated carbocycles. The van der Waals surface area contributed by atoms with Crippen LogP contribution in [0, 0.1) is 0 Å². The molecule has 0 aliphatic rings. The van der Waals surface area contributed by atoms with Crippen molar-refractivity contribution >= 4 is 23.4 Å². The van der Waals surface area contributed by atoms with E-state index in [0.29, 0.717) is 18.8 Å². The lowest BCUT2D eigenvalue weighted by atomic mass is 10.0. The molecule has 0 unspecified atom stereocenters. The van der Waals surface area contributed by atoms with E-state index in [9.17, 15) is 9.59 Å². The molecular formula is C19H32N2O4S. The molecular weight excluding hydrogens is 352 g/mol. The molecule has 0 fully saturated rings. The summed E-state index contributed by atoms with van der Waals surface area (Å²) in [4.78, 5) is 30.5. The number of esters is 1. The van der Waals surface area contributed by atoms with Crippen LogP contribution in [0.15, 0.2) is 5.38 Å². The zero-order valence-corrected chi connectivity index (χ0v) is 17.8. The molecule has 148 valence electrons. The highest BCUT2D eigenvalue weighted by Gasteiger charge is 2.27. The molecule has 1 aromatic rings. The molecule has 7 heteroatoms. The summed E-state index contributed by atoms with van der Waals surface area (Å²) in [6, 6.07) is 0.00902. The molecule has 6 nitrogen and oxygen atoms in total. The summed E-state index contributed by atoms with van der Waals surface area (Å²) >= 11 is 1.45. The Labute approximate surface area is 160 Å². The summed E-state index contributed by atoms with van der Waals surface area (Å²) in [5.41, 5.74) is -0.165. The van der Waals surface area contributed by atoms with Gasteiger partial charge in [0.2, 0.25) is 0 Å². The fourth-order valence-electron chi connectivity index (χ4n) is 2.61. The number of carbonyl (C=O) groups excluding carboxylic acids is 2. The second kappa shape index (κ2) is 9.90. The Balaban J connectivity index is 2.77. The van der Waals surface area contributed by atoms with Gasteiger partial charge in [0.25, 0.3) is 0 Å². The van der Waals surface area contributed by atoms with Crippen LogP contribution < -0.4 is 0 Å². The summed E-state index contributed by atoms with van der Waals surface area (Å²) < 4.78 is 10.5. The number of hydrogen-bond acceptors (Lipinski definition) is 6. The van der Waals surface area contributed by atoms with E-state index < -0.39 is 11.6 Å². The van der Waals surface area contributed by atoms with E-state index in [1.54, 1.807) is 17.2 Å². The van der Waals surface area contributed by atoms with Crippen LogP contribution in [0.2, 0.25) is 0 Å². The van der Waals surface area contributed by atoms with Gasteiger partial charge in [-0.25, -0.2) is 14.6 Å². The van der Waals surface area contributed by atoms with Crippen molar-refractivity contribution in [2.24, 2.45) is 0 Å². The van der Waals surface area contributed by atoms with E-state index >= 15 is 0 Å². The number of amides is 1. The largest absolute Gasteiger partial charge is 0.461 e. The van der Waals surface area contributed by atoms with Crippen molar-refractivity contribution in [1.29, 1.82) is 0 Å². The Bertz CT molecular complexity index is 595. The Hall–Kier alpha value is -1.63. The number of hydrogen-bond donors (Lipinski definition) is 0. The van der Waals surface area contributed by atoms with Crippen LogP contribution in [0.5, 0.6) is 0 Å². The maximum atomic E-state index is 12.5. The average Bonchev–Trinajstić information content (AvgIpc) is 3.01. The third-order valence-corrected chi connectivity index (χ3v) is 4.82. The van der Waals surface area contributed by atoms with Crippen LogP contribution in [0.3, 0.4) is 0 Å². The molecule has 0 aliphatic heterocycles. The third kappa shape index (κ3) is 6.94. The topological polar surface area (TPSA) is 68.7 Å². The molecule has 0 N–H and O–H groups in total. The van der Waals surface area contributed by atoms with Gasteiger partial charge in [0.1, 0.15) is 5.60 Å². The normalized spacial score (nSPS) is 13.8. The molecule has 1 rings (SSSR count). The molecule has 0 radical (unpaired) electrons. The molecule has 1 heterocycles. The van der Waals surface area contributed by atoms with Gasteiger partial charge in [0.05, 0.1) is 11.6 Å². The van der Waals surface area contributed by atoms with E-state index in [1.807, 2.05) is 34.6 Å². The van der Waals surface area contributed by atoms with Crippen molar-refractivity contribution in [2.45, 2.75) is 78.9 Å². The van der Waals surface area contributed by atoms with Gasteiger partial charge in [-0.2, -0.15) is 0 Å². The van der Waals surface area contributed by atoms with E-state index in [2.05, 4.69) is 11.9 Å². The predicted molar refractivity (Wildman–Crippen MR) is 104 cm³/mol. The Morgan fingerprint density at radius 2 is 1.92 bits per heavy atom. The van der Waals surface area contributed by atoms with Crippen molar-refractivity contribution in [3.63, 3.8) is 0 Å². The first kappa shape index (κ1) is 22.4. The zero-order valence-electron chi connectivity index (χ0n) is 17.0. The second-order valence-corrected chi connectivity index (χ2v) is 8.34. The fourth-order valence-corrected chi connectivity index (χ4v) is 3.47. The van der Waals surface area contributed by atoms with E-state index in [-0.39, 0.29) is 18.1 Å². The molecule has 1 amide bonds. The number of carbonyl (C=O) groups is 2. The van der Waals surface area contributed by atoms with Crippen LogP contribution in [0.4, 0.5) is 4.79 Å². The first-order chi connectivity index (χ1) is 12.1. The Morgan fingerprint density at radius 3 is 2.46 bits per heavy atom. The molecule has 0 aliphatic carbocycles. The minimum Gasteiger partial charge on any atom is -0.461 e. The lowest BCUT2D eigenvalue weighted by Gasteiger charge is -2.32. The molecule has 2 atom stereocenters. The molecule has 0 aromatic carbocycles.